The fourth-order valence-electron chi connectivity index (χ4n) is 0.985. The first-order valence-electron chi connectivity index (χ1n) is 3.46. The van der Waals surface area contributed by atoms with Gasteiger partial charge in [-0.25, -0.2) is 0 Å². The number of hydrogen-bond donors (Lipinski definition) is 2. The second-order valence-electron chi connectivity index (χ2n) is 2.27. The third-order valence-electron chi connectivity index (χ3n) is 1.62. The van der Waals surface area contributed by atoms with Crippen LogP contribution in [-0.4, -0.2) is 25.3 Å². The van der Waals surface area contributed by atoms with E-state index in [1.807, 2.05) is 11.1 Å². The molecule has 0 fully saturated rings. The maximum atomic E-state index is 5.01. The number of hydrogen-bond acceptors (Lipinski definition) is 5. The normalized spacial score (nSPS) is 19.6. The minimum atomic E-state index is 0.766. The molecule has 11 heavy (non-hydrogen) atoms. The van der Waals surface area contributed by atoms with Crippen LogP contribution in [0.15, 0.2) is 11.8 Å². The van der Waals surface area contributed by atoms with Crippen LogP contribution in [0.3, 0.4) is 0 Å². The molecule has 0 unspecified atom stereocenters. The van der Waals surface area contributed by atoms with Gasteiger partial charge in [0.15, 0.2) is 0 Å². The molecule has 0 aromatic carbocycles. The molecule has 0 spiro atoms. The summed E-state index contributed by atoms with van der Waals surface area (Å²) in [7, 11) is 1.66. The molecule has 0 aliphatic carbocycles. The van der Waals surface area contributed by atoms with Gasteiger partial charge in [-0.2, -0.15) is 15.9 Å². The molecule has 0 amide bonds. The Bertz CT molecular complexity index is 149. The van der Waals surface area contributed by atoms with E-state index in [9.17, 15) is 0 Å². The summed E-state index contributed by atoms with van der Waals surface area (Å²) in [5.74, 6) is 4.83. The van der Waals surface area contributed by atoms with Gasteiger partial charge in [0.2, 0.25) is 0 Å². The molecule has 0 radical (unpaired) electrons. The summed E-state index contributed by atoms with van der Waals surface area (Å²) in [6, 6.07) is 0. The Labute approximate surface area is 65.6 Å². The Morgan fingerprint density at radius 2 is 2.55 bits per heavy atom. The first kappa shape index (κ1) is 8.48. The van der Waals surface area contributed by atoms with Crippen LogP contribution in [0.4, 0.5) is 0 Å². The van der Waals surface area contributed by atoms with E-state index >= 15 is 0 Å². The topological polar surface area (TPSA) is 59.8 Å². The molecule has 1 rings (SSSR count). The Morgan fingerprint density at radius 1 is 1.73 bits per heavy atom. The highest BCUT2D eigenvalue weighted by Gasteiger charge is 2.09. The predicted octanol–water partition coefficient (Wildman–Crippen LogP) is -0.468. The molecule has 0 aromatic heterocycles. The van der Waals surface area contributed by atoms with E-state index in [1.165, 1.54) is 0 Å². The summed E-state index contributed by atoms with van der Waals surface area (Å²) in [5, 5.41) is 1.85. The van der Waals surface area contributed by atoms with Crippen LogP contribution in [0.1, 0.15) is 6.42 Å². The largest absolute Gasteiger partial charge is 0.302 e. The van der Waals surface area contributed by atoms with Crippen LogP contribution in [0, 0.1) is 0 Å². The van der Waals surface area contributed by atoms with E-state index in [2.05, 4.69) is 10.4 Å². The molecule has 1 heterocycles. The van der Waals surface area contributed by atoms with Crippen LogP contribution in [0.5, 0.6) is 0 Å². The number of rotatable bonds is 3. The molecule has 1 aliphatic heterocycles. The van der Waals surface area contributed by atoms with Crippen molar-refractivity contribution in [2.24, 2.45) is 5.90 Å². The van der Waals surface area contributed by atoms with Crippen molar-refractivity contribution in [1.82, 2.24) is 10.5 Å². The fourth-order valence-corrected chi connectivity index (χ4v) is 0.985. The first-order chi connectivity index (χ1) is 5.36. The zero-order chi connectivity index (χ0) is 8.10. The molecule has 64 valence electrons. The second kappa shape index (κ2) is 4.30. The second-order valence-corrected chi connectivity index (χ2v) is 2.27. The lowest BCUT2D eigenvalue weighted by Gasteiger charge is -2.23. The van der Waals surface area contributed by atoms with Gasteiger partial charge in [-0.3, -0.25) is 5.48 Å². The molecular weight excluding hydrogens is 146 g/mol. The summed E-state index contributed by atoms with van der Waals surface area (Å²) in [4.78, 5) is 9.28. The molecule has 0 bridgehead atoms. The number of nitrogens with zero attached hydrogens (tertiary/aromatic N) is 1. The zero-order valence-electron chi connectivity index (χ0n) is 6.54. The van der Waals surface area contributed by atoms with Crippen LogP contribution in [0.2, 0.25) is 0 Å². The monoisotopic (exact) mass is 159 g/mol. The quantitative estimate of drug-likeness (QED) is 0.545. The molecule has 5 heteroatoms. The lowest BCUT2D eigenvalue weighted by atomic mass is 10.2. The number of nitrogens with two attached hydrogens (primary N) is 1. The average molecular weight is 159 g/mol. The molecular formula is C6H13N3O2. The van der Waals surface area contributed by atoms with E-state index in [-0.39, 0.29) is 0 Å². The molecule has 1 aliphatic rings. The lowest BCUT2D eigenvalue weighted by molar-refractivity contribution is -0.126. The summed E-state index contributed by atoms with van der Waals surface area (Å²) in [6.07, 6.45) is 2.84. The molecule has 5 nitrogen and oxygen atoms in total. The third kappa shape index (κ3) is 2.47. The Hall–Kier alpha value is -0.620. The van der Waals surface area contributed by atoms with Gasteiger partial charge in [-0.1, -0.05) is 0 Å². The van der Waals surface area contributed by atoms with Crippen LogP contribution < -0.4 is 11.4 Å². The summed E-state index contributed by atoms with van der Waals surface area (Å²) in [6.45, 7) is 1.63. The van der Waals surface area contributed by atoms with Gasteiger partial charge in [0.25, 0.3) is 0 Å². The molecule has 0 saturated carbocycles. The maximum Gasteiger partial charge on any atom is 0.0575 e. The van der Waals surface area contributed by atoms with Crippen molar-refractivity contribution >= 4 is 0 Å². The van der Waals surface area contributed by atoms with E-state index in [1.54, 1.807) is 7.11 Å². The highest BCUT2D eigenvalue weighted by molar-refractivity contribution is 5.02. The molecule has 0 atom stereocenters. The molecule has 0 saturated heterocycles. The van der Waals surface area contributed by atoms with Crippen LogP contribution in [0.25, 0.3) is 0 Å². The van der Waals surface area contributed by atoms with Gasteiger partial charge >= 0.3 is 0 Å². The van der Waals surface area contributed by atoms with E-state index in [0.717, 1.165) is 25.2 Å². The minimum absolute atomic E-state index is 0.766. The van der Waals surface area contributed by atoms with Gasteiger partial charge in [0.05, 0.1) is 7.11 Å². The first-order valence-corrected chi connectivity index (χ1v) is 3.46. The highest BCUT2D eigenvalue weighted by atomic mass is 16.8. The van der Waals surface area contributed by atoms with Crippen molar-refractivity contribution < 1.29 is 9.78 Å². The maximum absolute atomic E-state index is 5.01. The zero-order valence-corrected chi connectivity index (χ0v) is 6.54. The summed E-state index contributed by atoms with van der Waals surface area (Å²) >= 11 is 0. The van der Waals surface area contributed by atoms with Crippen molar-refractivity contribution in [1.29, 1.82) is 0 Å². The van der Waals surface area contributed by atoms with Gasteiger partial charge in [-0.15, -0.1) is 0 Å². The molecule has 3 N–H and O–H groups in total. The van der Waals surface area contributed by atoms with Crippen LogP contribution in [-0.2, 0) is 9.78 Å². The van der Waals surface area contributed by atoms with Crippen molar-refractivity contribution in [2.45, 2.75) is 6.42 Å². The van der Waals surface area contributed by atoms with Crippen molar-refractivity contribution in [3.63, 3.8) is 0 Å². The highest BCUT2D eigenvalue weighted by Crippen LogP contribution is 2.06. The number of nitrogens with one attached hydrogen (secondary N) is 1. The molecule has 0 aromatic rings. The lowest BCUT2D eigenvalue weighted by Crippen LogP contribution is -2.31. The fraction of sp³-hybridized carbons (Fsp3) is 0.667. The average Bonchev–Trinajstić information content (AvgIpc) is 2.07. The number of hydroxylamine groups is 3. The summed E-state index contributed by atoms with van der Waals surface area (Å²) in [5.41, 5.74) is 3.59. The van der Waals surface area contributed by atoms with Gasteiger partial charge in [0, 0.05) is 25.2 Å². The van der Waals surface area contributed by atoms with Crippen LogP contribution >= 0.6 is 0 Å². The van der Waals surface area contributed by atoms with Gasteiger partial charge < -0.3 is 4.84 Å². The standard InChI is InChI=1S/C6H13N3O2/c1-10-9-4-2-6(3-5-9)8-11-7/h2,8H,3-5,7H2,1H3. The Balaban J connectivity index is 2.31. The third-order valence-corrected chi connectivity index (χ3v) is 1.62. The van der Waals surface area contributed by atoms with Crippen molar-refractivity contribution in [3.05, 3.63) is 11.8 Å². The van der Waals surface area contributed by atoms with E-state index in [4.69, 9.17) is 10.7 Å². The SMILES string of the molecule is CON1CC=C(NON)CC1. The van der Waals surface area contributed by atoms with Gasteiger partial charge in [0.1, 0.15) is 0 Å². The predicted molar refractivity (Wildman–Crippen MR) is 39.7 cm³/mol. The smallest absolute Gasteiger partial charge is 0.0575 e. The van der Waals surface area contributed by atoms with E-state index in [0.29, 0.717) is 0 Å². The van der Waals surface area contributed by atoms with E-state index < -0.39 is 0 Å². The van der Waals surface area contributed by atoms with Gasteiger partial charge in [-0.05, 0) is 6.08 Å². The van der Waals surface area contributed by atoms with Crippen molar-refractivity contribution in [2.75, 3.05) is 20.2 Å². The summed E-state index contributed by atoms with van der Waals surface area (Å²) < 4.78 is 0. The Morgan fingerprint density at radius 3 is 3.00 bits per heavy atom. The minimum Gasteiger partial charge on any atom is -0.302 e. The Kier molecular flexibility index (Phi) is 3.31. The van der Waals surface area contributed by atoms with Crippen molar-refractivity contribution in [3.8, 4) is 0 Å².